The minimum absolute atomic E-state index is 0.0891. The Morgan fingerprint density at radius 3 is 1.21 bits per heavy atom. The van der Waals surface area contributed by atoms with Gasteiger partial charge in [-0.05, 0) is 109 Å². The Balaban J connectivity index is 1.25. The molecule has 0 bridgehead atoms. The van der Waals surface area contributed by atoms with E-state index < -0.39 is 0 Å². The molecule has 0 N–H and O–H groups in total. The summed E-state index contributed by atoms with van der Waals surface area (Å²) in [7, 11) is 0. The van der Waals surface area contributed by atoms with Crippen LogP contribution in [0.15, 0.2) is 85.2 Å². The van der Waals surface area contributed by atoms with Gasteiger partial charge in [0, 0.05) is 23.5 Å². The second kappa shape index (κ2) is 20.4. The Morgan fingerprint density at radius 2 is 0.887 bits per heavy atom. The molecular formula is C50H68N2O. The first-order valence-electron chi connectivity index (χ1n) is 21.8. The predicted molar refractivity (Wildman–Crippen MR) is 224 cm³/mol. The quantitative estimate of drug-likeness (QED) is 0.0963. The second-order valence-corrected chi connectivity index (χ2v) is 16.6. The van der Waals surface area contributed by atoms with Gasteiger partial charge < -0.3 is 4.74 Å². The average Bonchev–Trinajstić information content (AvgIpc) is 3.22. The Kier molecular flexibility index (Phi) is 15.2. The highest BCUT2D eigenvalue weighted by Gasteiger charge is 2.35. The number of aryl methyl sites for hydroxylation is 2. The summed E-state index contributed by atoms with van der Waals surface area (Å²) in [6.45, 7) is 9.26. The molecule has 2 aromatic carbocycles. The zero-order chi connectivity index (χ0) is 36.8. The van der Waals surface area contributed by atoms with E-state index in [1.807, 2.05) is 0 Å². The lowest BCUT2D eigenvalue weighted by Crippen LogP contribution is -2.28. The van der Waals surface area contributed by atoms with Crippen LogP contribution < -0.4 is 0 Å². The zero-order valence-corrected chi connectivity index (χ0v) is 33.6. The van der Waals surface area contributed by atoms with Gasteiger partial charge in [0.1, 0.15) is 0 Å². The number of benzene rings is 2. The van der Waals surface area contributed by atoms with Crippen LogP contribution >= 0.6 is 0 Å². The van der Waals surface area contributed by atoms with E-state index in [2.05, 4.69) is 113 Å². The van der Waals surface area contributed by atoms with E-state index in [1.165, 1.54) is 136 Å². The summed E-state index contributed by atoms with van der Waals surface area (Å²) in [5.41, 5.74) is 9.84. The Bertz CT molecular complexity index is 1470. The van der Waals surface area contributed by atoms with Crippen molar-refractivity contribution in [2.45, 2.75) is 155 Å². The molecule has 3 nitrogen and oxygen atoms in total. The molecule has 0 aliphatic heterocycles. The third kappa shape index (κ3) is 10.9. The van der Waals surface area contributed by atoms with Gasteiger partial charge in [-0.1, -0.05) is 153 Å². The average molecular weight is 713 g/mol. The van der Waals surface area contributed by atoms with E-state index in [0.29, 0.717) is 11.8 Å². The lowest BCUT2D eigenvalue weighted by molar-refractivity contribution is -0.0905. The third-order valence-electron chi connectivity index (χ3n) is 12.9. The maximum Gasteiger partial charge on any atom is 0.0861 e. The molecule has 2 fully saturated rings. The predicted octanol–water partition coefficient (Wildman–Crippen LogP) is 14.5. The van der Waals surface area contributed by atoms with Crippen molar-refractivity contribution in [3.63, 3.8) is 0 Å². The van der Waals surface area contributed by atoms with Crippen LogP contribution in [0.5, 0.6) is 0 Å². The number of ether oxygens (including phenoxy) is 1. The van der Waals surface area contributed by atoms with Gasteiger partial charge in [0.2, 0.25) is 0 Å². The van der Waals surface area contributed by atoms with Crippen LogP contribution in [0.3, 0.4) is 0 Å². The molecule has 2 atom stereocenters. The summed E-state index contributed by atoms with van der Waals surface area (Å²) in [5.74, 6) is 2.80. The van der Waals surface area contributed by atoms with Crippen molar-refractivity contribution in [3.8, 4) is 22.5 Å². The van der Waals surface area contributed by atoms with Crippen molar-refractivity contribution < 1.29 is 4.74 Å². The van der Waals surface area contributed by atoms with Crippen molar-refractivity contribution in [3.05, 3.63) is 107 Å². The first-order chi connectivity index (χ1) is 26.1. The molecule has 4 aromatic rings. The molecule has 0 radical (unpaired) electrons. The highest BCUT2D eigenvalue weighted by Crippen LogP contribution is 2.47. The summed E-state index contributed by atoms with van der Waals surface area (Å²) < 4.78 is 7.62. The molecule has 2 aliphatic rings. The summed E-state index contributed by atoms with van der Waals surface area (Å²) in [6, 6.07) is 27.6. The molecule has 53 heavy (non-hydrogen) atoms. The molecule has 0 amide bonds. The Labute approximate surface area is 322 Å². The number of hydrogen-bond acceptors (Lipinski definition) is 3. The fraction of sp³-hybridized carbons (Fsp3) is 0.560. The van der Waals surface area contributed by atoms with Crippen molar-refractivity contribution in [1.82, 2.24) is 9.97 Å². The van der Waals surface area contributed by atoms with Crippen molar-refractivity contribution in [1.29, 1.82) is 0 Å². The molecule has 3 heteroatoms. The minimum atomic E-state index is 0.0891. The topological polar surface area (TPSA) is 35.0 Å². The highest BCUT2D eigenvalue weighted by atomic mass is 16.5. The van der Waals surface area contributed by atoms with Gasteiger partial charge in [-0.25, -0.2) is 0 Å². The molecule has 2 aliphatic carbocycles. The molecule has 284 valence electrons. The molecule has 0 spiro atoms. The van der Waals surface area contributed by atoms with Gasteiger partial charge in [-0.3, -0.25) is 9.97 Å². The van der Waals surface area contributed by atoms with E-state index in [1.54, 1.807) is 0 Å². The number of nitrogens with zero attached hydrogens (tertiary/aromatic N) is 2. The van der Waals surface area contributed by atoms with Gasteiger partial charge in [-0.2, -0.15) is 0 Å². The zero-order valence-electron chi connectivity index (χ0n) is 33.6. The molecule has 6 rings (SSSR count). The van der Waals surface area contributed by atoms with Crippen LogP contribution in [-0.4, -0.2) is 9.97 Å². The summed E-state index contributed by atoms with van der Waals surface area (Å²) in [6.07, 6.45) is 27.0. The van der Waals surface area contributed by atoms with Gasteiger partial charge in [0.05, 0.1) is 23.6 Å². The molecule has 2 unspecified atom stereocenters. The first-order valence-corrected chi connectivity index (χ1v) is 21.8. The van der Waals surface area contributed by atoms with Crippen LogP contribution in [0.1, 0.15) is 165 Å². The van der Waals surface area contributed by atoms with E-state index in [4.69, 9.17) is 14.7 Å². The van der Waals surface area contributed by atoms with Gasteiger partial charge in [-0.15, -0.1) is 0 Å². The van der Waals surface area contributed by atoms with E-state index >= 15 is 0 Å². The highest BCUT2D eigenvalue weighted by molar-refractivity contribution is 5.60. The van der Waals surface area contributed by atoms with Crippen LogP contribution in [0.25, 0.3) is 22.5 Å². The lowest BCUT2D eigenvalue weighted by atomic mass is 9.75. The number of rotatable bonds is 18. The smallest absolute Gasteiger partial charge is 0.0861 e. The summed E-state index contributed by atoms with van der Waals surface area (Å²) >= 11 is 0. The van der Waals surface area contributed by atoms with Crippen LogP contribution in [0.4, 0.5) is 0 Å². The van der Waals surface area contributed by atoms with Crippen molar-refractivity contribution in [2.24, 2.45) is 23.7 Å². The van der Waals surface area contributed by atoms with E-state index in [-0.39, 0.29) is 12.2 Å². The molecule has 2 aromatic heterocycles. The van der Waals surface area contributed by atoms with Gasteiger partial charge in [0.25, 0.3) is 0 Å². The summed E-state index contributed by atoms with van der Waals surface area (Å²) in [4.78, 5) is 9.77. The van der Waals surface area contributed by atoms with Crippen LogP contribution in [0, 0.1) is 23.7 Å². The number of hydrogen-bond donors (Lipinski definition) is 0. The summed E-state index contributed by atoms with van der Waals surface area (Å²) in [5, 5.41) is 0. The fourth-order valence-corrected chi connectivity index (χ4v) is 9.21. The minimum Gasteiger partial charge on any atom is -0.365 e. The largest absolute Gasteiger partial charge is 0.365 e. The Morgan fingerprint density at radius 1 is 0.491 bits per heavy atom. The van der Waals surface area contributed by atoms with Crippen LogP contribution in [-0.2, 0) is 17.6 Å². The van der Waals surface area contributed by atoms with Crippen molar-refractivity contribution in [2.75, 3.05) is 0 Å². The normalized spacial score (nSPS) is 21.7. The number of pyridine rings is 2. The Hall–Kier alpha value is -3.30. The molecule has 2 saturated carbocycles. The van der Waals surface area contributed by atoms with Gasteiger partial charge in [0.15, 0.2) is 0 Å². The van der Waals surface area contributed by atoms with Gasteiger partial charge >= 0.3 is 0 Å². The first kappa shape index (κ1) is 39.4. The molecular weight excluding hydrogens is 645 g/mol. The fourth-order valence-electron chi connectivity index (χ4n) is 9.21. The molecule has 2 heterocycles. The number of unbranched alkanes of at least 4 members (excludes halogenated alkanes) is 4. The van der Waals surface area contributed by atoms with E-state index in [9.17, 15) is 0 Å². The standard InChI is InChI=1S/C50H68N2O/c1-5-9-11-13-39-19-33-47(51-35-39)41-25-29-45(30-26-41)49(43-21-15-37(7-3)16-22-43)53-50(44-23-17-38(8-4)18-24-44)46-31-27-42(28-32-46)48-34-20-40(36-52-48)14-12-10-6-2/h19-20,25-38,43-44,49-50H,5-18,21-24H2,1-4H3. The van der Waals surface area contributed by atoms with Crippen molar-refractivity contribution >= 4 is 0 Å². The maximum absolute atomic E-state index is 7.62. The third-order valence-corrected chi connectivity index (χ3v) is 12.9. The number of aromatic nitrogens is 2. The lowest BCUT2D eigenvalue weighted by Gasteiger charge is -2.40. The molecule has 0 saturated heterocycles. The van der Waals surface area contributed by atoms with Crippen LogP contribution in [0.2, 0.25) is 0 Å². The SMILES string of the molecule is CCCCCc1ccc(-c2ccc(C(OC(c3ccc(-c4ccc(CCCCC)cn4)cc3)C3CCC(CC)CC3)C3CCC(CC)CC3)cc2)nc1. The maximum atomic E-state index is 7.62. The monoisotopic (exact) mass is 713 g/mol. The van der Waals surface area contributed by atoms with E-state index in [0.717, 1.165) is 36.1 Å². The second-order valence-electron chi connectivity index (χ2n) is 16.6.